The highest BCUT2D eigenvalue weighted by molar-refractivity contribution is 5.97. The predicted octanol–water partition coefficient (Wildman–Crippen LogP) is -0.670. The highest BCUT2D eigenvalue weighted by Gasteiger charge is 2.22. The molecular weight excluding hydrogens is 448 g/mol. The molecule has 0 saturated carbocycles. The first kappa shape index (κ1) is 24.1. The van der Waals surface area contributed by atoms with Gasteiger partial charge in [0.2, 0.25) is 5.95 Å². The Morgan fingerprint density at radius 1 is 1.18 bits per heavy atom. The number of fused-ring (bicyclic) bond motifs is 1. The van der Waals surface area contributed by atoms with E-state index < -0.39 is 29.4 Å². The van der Waals surface area contributed by atoms with E-state index in [2.05, 4.69) is 35.3 Å². The predicted molar refractivity (Wildman–Crippen MR) is 119 cm³/mol. The summed E-state index contributed by atoms with van der Waals surface area (Å²) in [4.78, 5) is 61.7. The number of ether oxygens (including phenoxy) is 1. The number of H-pyrrole nitrogens is 1. The standard InChI is InChI=1S/C20H22N8O6/c21-9-34-14(29)6-5-13(19(32)33)26-17(30)10-1-3-11(4-2-10)23-7-12-8-24-16-15(25-12)18(31)28-20(22)27-16/h1-4,8,13,23H,5-7,9,21H2,(H,26,30)(H,32,33)(H3,22,24,27,28,31)/t13-/m0/s1. The van der Waals surface area contributed by atoms with Crippen LogP contribution in [0.15, 0.2) is 35.3 Å². The first-order valence-corrected chi connectivity index (χ1v) is 10.0. The number of esters is 1. The first-order valence-electron chi connectivity index (χ1n) is 10.0. The largest absolute Gasteiger partial charge is 0.480 e. The summed E-state index contributed by atoms with van der Waals surface area (Å²) in [5, 5.41) is 14.7. The van der Waals surface area contributed by atoms with Crippen molar-refractivity contribution in [2.45, 2.75) is 25.4 Å². The number of carbonyl (C=O) groups excluding carboxylic acids is 2. The summed E-state index contributed by atoms with van der Waals surface area (Å²) in [7, 11) is 0. The molecule has 0 saturated heterocycles. The van der Waals surface area contributed by atoms with Crippen LogP contribution >= 0.6 is 0 Å². The maximum atomic E-state index is 12.4. The molecular formula is C20H22N8O6. The SMILES string of the molecule is NCOC(=O)CC[C@H](NC(=O)c1ccc(NCc2cnc3nc(N)[nH]c(=O)c3n2)cc1)C(=O)O. The maximum absolute atomic E-state index is 12.4. The smallest absolute Gasteiger partial charge is 0.326 e. The molecule has 0 aliphatic heterocycles. The molecule has 0 spiro atoms. The Kier molecular flexibility index (Phi) is 7.66. The number of carboxylic acids is 1. The number of anilines is 2. The highest BCUT2D eigenvalue weighted by atomic mass is 16.5. The summed E-state index contributed by atoms with van der Waals surface area (Å²) in [6.07, 6.45) is 1.11. The van der Waals surface area contributed by atoms with Gasteiger partial charge in [0, 0.05) is 17.7 Å². The summed E-state index contributed by atoms with van der Waals surface area (Å²) in [5.74, 6) is -2.59. The minimum Gasteiger partial charge on any atom is -0.480 e. The molecule has 0 aliphatic carbocycles. The number of aromatic amines is 1. The quantitative estimate of drug-likeness (QED) is 0.160. The van der Waals surface area contributed by atoms with Crippen LogP contribution in [0, 0.1) is 0 Å². The van der Waals surface area contributed by atoms with Crippen molar-refractivity contribution in [2.24, 2.45) is 5.73 Å². The van der Waals surface area contributed by atoms with Crippen molar-refractivity contribution in [3.05, 3.63) is 52.1 Å². The molecule has 0 unspecified atom stereocenters. The highest BCUT2D eigenvalue weighted by Crippen LogP contribution is 2.12. The number of benzene rings is 1. The number of nitrogens with two attached hydrogens (primary N) is 2. The van der Waals surface area contributed by atoms with Crippen LogP contribution < -0.4 is 27.7 Å². The van der Waals surface area contributed by atoms with Crippen LogP contribution in [0.1, 0.15) is 28.9 Å². The Balaban J connectivity index is 1.59. The number of nitrogen functional groups attached to an aromatic ring is 1. The van der Waals surface area contributed by atoms with Gasteiger partial charge in [0.1, 0.15) is 12.8 Å². The Morgan fingerprint density at radius 2 is 1.91 bits per heavy atom. The molecule has 34 heavy (non-hydrogen) atoms. The number of nitrogens with zero attached hydrogens (tertiary/aromatic N) is 3. The average molecular weight is 470 g/mol. The van der Waals surface area contributed by atoms with E-state index in [1.165, 1.54) is 18.3 Å². The van der Waals surface area contributed by atoms with Crippen LogP contribution in [0.4, 0.5) is 11.6 Å². The van der Waals surface area contributed by atoms with Gasteiger partial charge in [0.25, 0.3) is 11.5 Å². The molecule has 3 aromatic rings. The first-order chi connectivity index (χ1) is 16.3. The van der Waals surface area contributed by atoms with E-state index in [4.69, 9.17) is 11.5 Å². The van der Waals surface area contributed by atoms with Gasteiger partial charge in [-0.15, -0.1) is 0 Å². The summed E-state index contributed by atoms with van der Waals surface area (Å²) in [6.45, 7) is -0.0698. The van der Waals surface area contributed by atoms with Crippen LogP contribution in [-0.4, -0.2) is 55.7 Å². The maximum Gasteiger partial charge on any atom is 0.326 e. The normalized spacial score (nSPS) is 11.6. The lowest BCUT2D eigenvalue weighted by molar-refractivity contribution is -0.144. The van der Waals surface area contributed by atoms with Gasteiger partial charge in [-0.3, -0.25) is 25.1 Å². The Labute approximate surface area is 191 Å². The molecule has 0 aliphatic rings. The van der Waals surface area contributed by atoms with E-state index in [1.54, 1.807) is 12.1 Å². The number of nitrogens with one attached hydrogen (secondary N) is 3. The third kappa shape index (κ3) is 6.23. The number of rotatable bonds is 10. The molecule has 8 N–H and O–H groups in total. The Morgan fingerprint density at radius 3 is 2.59 bits per heavy atom. The number of aromatic nitrogens is 4. The van der Waals surface area contributed by atoms with Crippen molar-refractivity contribution < 1.29 is 24.2 Å². The monoisotopic (exact) mass is 470 g/mol. The molecule has 1 atom stereocenters. The molecule has 0 bridgehead atoms. The fourth-order valence-electron chi connectivity index (χ4n) is 2.91. The number of hydrogen-bond acceptors (Lipinski definition) is 11. The molecule has 14 nitrogen and oxygen atoms in total. The molecule has 3 rings (SSSR count). The van der Waals surface area contributed by atoms with Crippen molar-refractivity contribution >= 4 is 40.6 Å². The minimum atomic E-state index is -1.28. The van der Waals surface area contributed by atoms with E-state index >= 15 is 0 Å². The lowest BCUT2D eigenvalue weighted by Crippen LogP contribution is -2.41. The third-order valence-electron chi connectivity index (χ3n) is 4.59. The minimum absolute atomic E-state index is 0.0504. The molecule has 2 heterocycles. The van der Waals surface area contributed by atoms with Crippen molar-refractivity contribution in [1.82, 2.24) is 25.3 Å². The topological polar surface area (TPSA) is 228 Å². The van der Waals surface area contributed by atoms with Gasteiger partial charge in [0.05, 0.1) is 18.4 Å². The molecule has 1 aromatic carbocycles. The Hall–Kier alpha value is -4.59. The van der Waals surface area contributed by atoms with Crippen LogP contribution in [0.25, 0.3) is 11.2 Å². The van der Waals surface area contributed by atoms with Gasteiger partial charge in [-0.25, -0.2) is 14.8 Å². The van der Waals surface area contributed by atoms with Gasteiger partial charge in [-0.1, -0.05) is 0 Å². The van der Waals surface area contributed by atoms with Gasteiger partial charge in [-0.05, 0) is 30.7 Å². The summed E-state index contributed by atoms with van der Waals surface area (Å²) < 4.78 is 4.55. The van der Waals surface area contributed by atoms with E-state index in [1.807, 2.05) is 0 Å². The summed E-state index contributed by atoms with van der Waals surface area (Å²) in [5.41, 5.74) is 11.6. The van der Waals surface area contributed by atoms with Crippen molar-refractivity contribution in [1.29, 1.82) is 0 Å². The number of amides is 1. The zero-order valence-corrected chi connectivity index (χ0v) is 17.8. The van der Waals surface area contributed by atoms with Gasteiger partial charge in [0.15, 0.2) is 11.2 Å². The molecule has 178 valence electrons. The van der Waals surface area contributed by atoms with E-state index in [0.717, 1.165) is 0 Å². The number of aliphatic carboxylic acids is 1. The lowest BCUT2D eigenvalue weighted by atomic mass is 10.1. The fourth-order valence-corrected chi connectivity index (χ4v) is 2.91. The van der Waals surface area contributed by atoms with Crippen LogP contribution in [-0.2, 0) is 20.9 Å². The fraction of sp³-hybridized carbons (Fsp3) is 0.250. The van der Waals surface area contributed by atoms with Crippen LogP contribution in [0.5, 0.6) is 0 Å². The van der Waals surface area contributed by atoms with E-state index in [9.17, 15) is 24.3 Å². The number of carboxylic acid groups (broad SMARTS) is 1. The molecule has 1 amide bonds. The Bertz CT molecular complexity index is 1260. The number of hydrogen-bond donors (Lipinski definition) is 6. The zero-order valence-electron chi connectivity index (χ0n) is 17.8. The lowest BCUT2D eigenvalue weighted by Gasteiger charge is -2.14. The van der Waals surface area contributed by atoms with E-state index in [0.29, 0.717) is 11.4 Å². The number of carbonyl (C=O) groups is 3. The zero-order chi connectivity index (χ0) is 24.7. The van der Waals surface area contributed by atoms with Crippen molar-refractivity contribution in [3.8, 4) is 0 Å². The van der Waals surface area contributed by atoms with Crippen LogP contribution in [0.2, 0.25) is 0 Å². The summed E-state index contributed by atoms with van der Waals surface area (Å²) in [6, 6.07) is 4.97. The van der Waals surface area contributed by atoms with Gasteiger partial charge >= 0.3 is 11.9 Å². The molecule has 0 radical (unpaired) electrons. The second kappa shape index (κ2) is 10.8. The second-order valence-corrected chi connectivity index (χ2v) is 7.00. The van der Waals surface area contributed by atoms with Gasteiger partial charge in [-0.2, -0.15) is 4.98 Å². The summed E-state index contributed by atoms with van der Waals surface area (Å²) >= 11 is 0. The van der Waals surface area contributed by atoms with E-state index in [-0.39, 0.29) is 48.8 Å². The molecule has 0 fully saturated rings. The third-order valence-corrected chi connectivity index (χ3v) is 4.59. The molecule has 14 heteroatoms. The average Bonchev–Trinajstić information content (AvgIpc) is 2.80. The van der Waals surface area contributed by atoms with Gasteiger partial charge < -0.3 is 26.2 Å². The van der Waals surface area contributed by atoms with Crippen molar-refractivity contribution in [2.75, 3.05) is 17.8 Å². The van der Waals surface area contributed by atoms with Crippen molar-refractivity contribution in [3.63, 3.8) is 0 Å². The molecule has 2 aromatic heterocycles. The van der Waals surface area contributed by atoms with Crippen LogP contribution in [0.3, 0.4) is 0 Å². The second-order valence-electron chi connectivity index (χ2n) is 7.00.